The van der Waals surface area contributed by atoms with Crippen LogP contribution < -0.4 is 5.32 Å². The molecule has 1 amide bonds. The number of piperidine rings is 1. The van der Waals surface area contributed by atoms with Gasteiger partial charge in [-0.1, -0.05) is 22.9 Å². The molecular weight excluding hydrogens is 442 g/mol. The van der Waals surface area contributed by atoms with E-state index in [0.717, 1.165) is 10.2 Å². The summed E-state index contributed by atoms with van der Waals surface area (Å²) in [5.41, 5.74) is 3.24. The van der Waals surface area contributed by atoms with Crippen LogP contribution in [0.4, 0.5) is 5.13 Å². The van der Waals surface area contributed by atoms with E-state index in [9.17, 15) is 13.2 Å². The first-order valence-corrected chi connectivity index (χ1v) is 12.3. The van der Waals surface area contributed by atoms with E-state index in [2.05, 4.69) is 23.3 Å². The van der Waals surface area contributed by atoms with Crippen molar-refractivity contribution >= 4 is 54.2 Å². The summed E-state index contributed by atoms with van der Waals surface area (Å²) in [4.78, 5) is 17.5. The van der Waals surface area contributed by atoms with Crippen molar-refractivity contribution < 1.29 is 13.2 Å². The zero-order valence-electron chi connectivity index (χ0n) is 16.7. The SMILES string of the molecule is Cc1cc2nc(NC(=O)C3CCN(S(=O)(=O)c4ccc(Cl)cc4)CC3)sc2cc1C. The minimum atomic E-state index is -3.58. The number of nitrogens with zero attached hydrogens (tertiary/aromatic N) is 2. The van der Waals surface area contributed by atoms with E-state index in [1.54, 1.807) is 12.1 Å². The number of sulfonamides is 1. The van der Waals surface area contributed by atoms with Gasteiger partial charge in [0.05, 0.1) is 15.1 Å². The molecule has 2 heterocycles. The van der Waals surface area contributed by atoms with Gasteiger partial charge in [0.1, 0.15) is 0 Å². The molecule has 9 heteroatoms. The third-order valence-electron chi connectivity index (χ3n) is 5.51. The van der Waals surface area contributed by atoms with E-state index in [-0.39, 0.29) is 16.7 Å². The second kappa shape index (κ2) is 8.26. The Morgan fingerprint density at radius 3 is 2.43 bits per heavy atom. The molecule has 0 aliphatic carbocycles. The summed E-state index contributed by atoms with van der Waals surface area (Å²) in [5.74, 6) is -0.344. The summed E-state index contributed by atoms with van der Waals surface area (Å²) in [6.45, 7) is 4.71. The Morgan fingerprint density at radius 1 is 1.13 bits per heavy atom. The Balaban J connectivity index is 1.40. The highest BCUT2D eigenvalue weighted by atomic mass is 35.5. The number of amides is 1. The first kappa shape index (κ1) is 21.2. The van der Waals surface area contributed by atoms with Gasteiger partial charge in [-0.3, -0.25) is 4.79 Å². The van der Waals surface area contributed by atoms with Gasteiger partial charge >= 0.3 is 0 Å². The van der Waals surface area contributed by atoms with E-state index in [1.165, 1.54) is 38.9 Å². The lowest BCUT2D eigenvalue weighted by Crippen LogP contribution is -2.41. The molecule has 0 saturated carbocycles. The Hall–Kier alpha value is -2.00. The van der Waals surface area contributed by atoms with Crippen LogP contribution in [0, 0.1) is 19.8 Å². The second-order valence-electron chi connectivity index (χ2n) is 7.54. The summed E-state index contributed by atoms with van der Waals surface area (Å²) >= 11 is 7.31. The highest BCUT2D eigenvalue weighted by Crippen LogP contribution is 2.30. The maximum absolute atomic E-state index is 12.8. The summed E-state index contributed by atoms with van der Waals surface area (Å²) in [6.07, 6.45) is 0.948. The number of halogens is 1. The number of carbonyl (C=O) groups excluding carboxylic acids is 1. The molecule has 1 fully saturated rings. The predicted octanol–water partition coefficient (Wildman–Crippen LogP) is 4.61. The molecule has 0 atom stereocenters. The molecule has 0 spiro atoms. The maximum Gasteiger partial charge on any atom is 0.243 e. The van der Waals surface area contributed by atoms with Crippen molar-refractivity contribution in [2.75, 3.05) is 18.4 Å². The number of fused-ring (bicyclic) bond motifs is 1. The molecule has 6 nitrogen and oxygen atoms in total. The minimum absolute atomic E-state index is 0.106. The van der Waals surface area contributed by atoms with Gasteiger partial charge in [0.25, 0.3) is 0 Å². The largest absolute Gasteiger partial charge is 0.302 e. The number of anilines is 1. The van der Waals surface area contributed by atoms with Crippen molar-refractivity contribution in [2.45, 2.75) is 31.6 Å². The zero-order chi connectivity index (χ0) is 21.5. The average molecular weight is 464 g/mol. The Bertz CT molecular complexity index is 1160. The predicted molar refractivity (Wildman–Crippen MR) is 121 cm³/mol. The molecule has 30 heavy (non-hydrogen) atoms. The fourth-order valence-corrected chi connectivity index (χ4v) is 6.10. The molecule has 2 aromatic carbocycles. The summed E-state index contributed by atoms with van der Waals surface area (Å²) in [5, 5.41) is 3.99. The van der Waals surface area contributed by atoms with Crippen LogP contribution in [0.15, 0.2) is 41.3 Å². The van der Waals surface area contributed by atoms with Crippen LogP contribution in [0.25, 0.3) is 10.2 Å². The average Bonchev–Trinajstić information content (AvgIpc) is 3.09. The maximum atomic E-state index is 12.8. The topological polar surface area (TPSA) is 79.4 Å². The van der Waals surface area contributed by atoms with Crippen LogP contribution in [0.3, 0.4) is 0 Å². The van der Waals surface area contributed by atoms with Crippen molar-refractivity contribution in [3.63, 3.8) is 0 Å². The highest BCUT2D eigenvalue weighted by Gasteiger charge is 2.32. The molecule has 0 bridgehead atoms. The number of benzene rings is 2. The lowest BCUT2D eigenvalue weighted by atomic mass is 9.97. The molecule has 3 aromatic rings. The van der Waals surface area contributed by atoms with E-state index in [0.29, 0.717) is 36.1 Å². The summed E-state index contributed by atoms with van der Waals surface area (Å²) in [6, 6.07) is 10.3. The Labute approximate surface area is 184 Å². The molecule has 0 radical (unpaired) electrons. The number of thiazole rings is 1. The fourth-order valence-electron chi connectivity index (χ4n) is 3.55. The normalized spacial score (nSPS) is 16.1. The van der Waals surface area contributed by atoms with E-state index >= 15 is 0 Å². The van der Waals surface area contributed by atoms with Gasteiger partial charge in [-0.05, 0) is 74.2 Å². The zero-order valence-corrected chi connectivity index (χ0v) is 19.1. The molecule has 4 rings (SSSR count). The van der Waals surface area contributed by atoms with Crippen molar-refractivity contribution in [3.05, 3.63) is 52.5 Å². The lowest BCUT2D eigenvalue weighted by Gasteiger charge is -2.30. The van der Waals surface area contributed by atoms with Gasteiger partial charge in [0, 0.05) is 24.0 Å². The van der Waals surface area contributed by atoms with Crippen LogP contribution in [-0.4, -0.2) is 36.7 Å². The number of rotatable bonds is 4. The first-order chi connectivity index (χ1) is 14.2. The van der Waals surface area contributed by atoms with Gasteiger partial charge in [-0.25, -0.2) is 13.4 Å². The highest BCUT2D eigenvalue weighted by molar-refractivity contribution is 7.89. The molecule has 158 valence electrons. The lowest BCUT2D eigenvalue weighted by molar-refractivity contribution is -0.120. The van der Waals surface area contributed by atoms with Crippen LogP contribution in [0.5, 0.6) is 0 Å². The number of carbonyl (C=O) groups is 1. The fraction of sp³-hybridized carbons (Fsp3) is 0.333. The van der Waals surface area contributed by atoms with E-state index in [1.807, 2.05) is 13.0 Å². The van der Waals surface area contributed by atoms with Gasteiger partial charge in [-0.2, -0.15) is 4.31 Å². The Kier molecular flexibility index (Phi) is 5.85. The summed E-state index contributed by atoms with van der Waals surface area (Å²) in [7, 11) is -3.58. The van der Waals surface area contributed by atoms with Gasteiger partial charge in [0.2, 0.25) is 15.9 Å². The van der Waals surface area contributed by atoms with Crippen LogP contribution in [-0.2, 0) is 14.8 Å². The third kappa shape index (κ3) is 4.23. The van der Waals surface area contributed by atoms with Crippen molar-refractivity contribution in [2.24, 2.45) is 5.92 Å². The third-order valence-corrected chi connectivity index (χ3v) is 8.61. The molecule has 0 unspecified atom stereocenters. The van der Waals surface area contributed by atoms with Crippen LogP contribution in [0.2, 0.25) is 5.02 Å². The van der Waals surface area contributed by atoms with Crippen molar-refractivity contribution in [3.8, 4) is 0 Å². The van der Waals surface area contributed by atoms with E-state index < -0.39 is 10.0 Å². The van der Waals surface area contributed by atoms with Crippen molar-refractivity contribution in [1.29, 1.82) is 0 Å². The molecule has 1 aromatic heterocycles. The molecule has 1 aliphatic rings. The molecule has 1 aliphatic heterocycles. The molecule has 1 N–H and O–H groups in total. The van der Waals surface area contributed by atoms with Gasteiger partial charge < -0.3 is 5.32 Å². The smallest absolute Gasteiger partial charge is 0.243 e. The number of nitrogens with one attached hydrogen (secondary N) is 1. The number of hydrogen-bond donors (Lipinski definition) is 1. The molecule has 1 saturated heterocycles. The van der Waals surface area contributed by atoms with Crippen molar-refractivity contribution in [1.82, 2.24) is 9.29 Å². The monoisotopic (exact) mass is 463 g/mol. The van der Waals surface area contributed by atoms with Gasteiger partial charge in [0.15, 0.2) is 5.13 Å². The number of hydrogen-bond acceptors (Lipinski definition) is 5. The van der Waals surface area contributed by atoms with Crippen LogP contribution >= 0.6 is 22.9 Å². The summed E-state index contributed by atoms with van der Waals surface area (Å²) < 4.78 is 28.1. The number of aromatic nitrogens is 1. The van der Waals surface area contributed by atoms with Crippen LogP contribution in [0.1, 0.15) is 24.0 Å². The van der Waals surface area contributed by atoms with E-state index in [4.69, 9.17) is 11.6 Å². The standard InChI is InChI=1S/C21H22ClN3O3S2/c1-13-11-18-19(12-14(13)2)29-21(23-18)24-20(26)15-7-9-25(10-8-15)30(27,28)17-5-3-16(22)4-6-17/h3-6,11-12,15H,7-10H2,1-2H3,(H,23,24,26). The quantitative estimate of drug-likeness (QED) is 0.612. The minimum Gasteiger partial charge on any atom is -0.302 e. The first-order valence-electron chi connectivity index (χ1n) is 9.68. The second-order valence-corrected chi connectivity index (χ2v) is 10.9. The van der Waals surface area contributed by atoms with Gasteiger partial charge in [-0.15, -0.1) is 0 Å². The molecular formula is C21H22ClN3O3S2. The Morgan fingerprint density at radius 2 is 1.77 bits per heavy atom. The number of aryl methyl sites for hydroxylation is 2.